The molecular weight excluding hydrogens is 447 g/mol. The van der Waals surface area contributed by atoms with E-state index in [2.05, 4.69) is 20.6 Å². The molecule has 4 aromatic rings. The van der Waals surface area contributed by atoms with Gasteiger partial charge in [-0.3, -0.25) is 4.79 Å². The Kier molecular flexibility index (Phi) is 6.97. The number of hydrogen-bond donors (Lipinski definition) is 2. The van der Waals surface area contributed by atoms with Crippen LogP contribution in [0.2, 0.25) is 5.02 Å². The Hall–Kier alpha value is -3.75. The van der Waals surface area contributed by atoms with Gasteiger partial charge in [0.15, 0.2) is 0 Å². The lowest BCUT2D eigenvalue weighted by Gasteiger charge is -2.12. The minimum absolute atomic E-state index is 0.111. The monoisotopic (exact) mass is 466 g/mol. The van der Waals surface area contributed by atoms with Crippen LogP contribution >= 0.6 is 11.6 Å². The number of fused-ring (bicyclic) bond motifs is 1. The molecule has 1 heterocycles. The van der Waals surface area contributed by atoms with Crippen LogP contribution in [0, 0.1) is 5.82 Å². The lowest BCUT2D eigenvalue weighted by atomic mass is 10.1. The van der Waals surface area contributed by atoms with Crippen LogP contribution in [0.1, 0.15) is 15.9 Å². The van der Waals surface area contributed by atoms with Gasteiger partial charge in [0.05, 0.1) is 10.5 Å². The molecule has 4 rings (SSSR count). The predicted octanol–water partition coefficient (Wildman–Crippen LogP) is 5.08. The number of methoxy groups -OCH3 is 1. The fourth-order valence-electron chi connectivity index (χ4n) is 3.16. The van der Waals surface area contributed by atoms with Crippen LogP contribution in [0.4, 0.5) is 15.9 Å². The quantitative estimate of drug-likeness (QED) is 0.352. The second kappa shape index (κ2) is 10.2. The molecule has 0 saturated carbocycles. The number of anilines is 2. The minimum Gasteiger partial charge on any atom is -0.487 e. The maximum Gasteiger partial charge on any atom is 0.253 e. The molecule has 0 radical (unpaired) electrons. The van der Waals surface area contributed by atoms with Gasteiger partial charge in [-0.2, -0.15) is 0 Å². The third-order valence-electron chi connectivity index (χ3n) is 4.75. The maximum absolute atomic E-state index is 13.3. The molecule has 7 nitrogen and oxygen atoms in total. The van der Waals surface area contributed by atoms with Crippen LogP contribution in [0.15, 0.2) is 67.0 Å². The molecule has 0 bridgehead atoms. The molecule has 168 valence electrons. The molecule has 0 atom stereocenters. The molecule has 1 amide bonds. The molecule has 0 fully saturated rings. The van der Waals surface area contributed by atoms with Crippen molar-refractivity contribution in [1.82, 2.24) is 15.3 Å². The van der Waals surface area contributed by atoms with E-state index in [0.29, 0.717) is 44.3 Å². The Bertz CT molecular complexity index is 1300. The zero-order valence-corrected chi connectivity index (χ0v) is 18.4. The molecule has 0 saturated heterocycles. The van der Waals surface area contributed by atoms with Crippen molar-refractivity contribution in [1.29, 1.82) is 0 Å². The maximum atomic E-state index is 13.3. The summed E-state index contributed by atoms with van der Waals surface area (Å²) in [5, 5.41) is 6.91. The zero-order chi connectivity index (χ0) is 23.2. The number of rotatable bonds is 8. The van der Waals surface area contributed by atoms with E-state index >= 15 is 0 Å². The van der Waals surface area contributed by atoms with Gasteiger partial charge in [-0.05, 0) is 54.1 Å². The molecule has 9 heteroatoms. The fourth-order valence-corrected chi connectivity index (χ4v) is 3.39. The summed E-state index contributed by atoms with van der Waals surface area (Å²) in [6.45, 7) is 0.300. The van der Waals surface area contributed by atoms with Crippen molar-refractivity contribution in [2.45, 2.75) is 6.61 Å². The van der Waals surface area contributed by atoms with Crippen molar-refractivity contribution in [3.05, 3.63) is 89.0 Å². The number of carbonyl (C=O) groups excluding carboxylic acids is 1. The number of aromatic nitrogens is 2. The molecule has 0 unspecified atom stereocenters. The molecule has 0 aliphatic rings. The Morgan fingerprint density at radius 1 is 1.09 bits per heavy atom. The highest BCUT2D eigenvalue weighted by atomic mass is 35.5. The van der Waals surface area contributed by atoms with Gasteiger partial charge in [0.2, 0.25) is 0 Å². The number of hydrogen-bond acceptors (Lipinski definition) is 6. The summed E-state index contributed by atoms with van der Waals surface area (Å²) < 4.78 is 23.9. The first kappa shape index (κ1) is 22.4. The van der Waals surface area contributed by atoms with Crippen LogP contribution in [0.3, 0.4) is 0 Å². The van der Waals surface area contributed by atoms with E-state index in [0.717, 1.165) is 0 Å². The molecule has 33 heavy (non-hydrogen) atoms. The van der Waals surface area contributed by atoms with Crippen molar-refractivity contribution in [2.24, 2.45) is 0 Å². The van der Waals surface area contributed by atoms with Gasteiger partial charge in [-0.1, -0.05) is 23.7 Å². The Balaban J connectivity index is 1.52. The van der Waals surface area contributed by atoms with Gasteiger partial charge >= 0.3 is 0 Å². The van der Waals surface area contributed by atoms with E-state index in [-0.39, 0.29) is 25.1 Å². The SMILES string of the molecule is COCNC(=O)c1ccc2ncnc(Nc3ccc(OCc4cccc(F)c4)c(Cl)c3)c2c1. The van der Waals surface area contributed by atoms with Crippen LogP contribution < -0.4 is 15.4 Å². The van der Waals surface area contributed by atoms with E-state index in [1.165, 1.54) is 25.6 Å². The first-order valence-electron chi connectivity index (χ1n) is 9.99. The topological polar surface area (TPSA) is 85.4 Å². The first-order valence-corrected chi connectivity index (χ1v) is 10.4. The van der Waals surface area contributed by atoms with Crippen molar-refractivity contribution in [3.8, 4) is 5.75 Å². The number of halogens is 2. The summed E-state index contributed by atoms with van der Waals surface area (Å²) in [7, 11) is 1.50. The number of benzene rings is 3. The molecule has 0 aliphatic carbocycles. The second-order valence-electron chi connectivity index (χ2n) is 7.08. The molecule has 0 spiro atoms. The van der Waals surface area contributed by atoms with Crippen molar-refractivity contribution in [3.63, 3.8) is 0 Å². The summed E-state index contributed by atoms with van der Waals surface area (Å²) in [4.78, 5) is 20.8. The van der Waals surface area contributed by atoms with E-state index in [1.807, 2.05) is 0 Å². The molecule has 3 aromatic carbocycles. The Labute approximate surface area is 194 Å². The summed E-state index contributed by atoms with van der Waals surface area (Å²) in [6, 6.07) is 16.5. The summed E-state index contributed by atoms with van der Waals surface area (Å²) in [5.74, 6) is 0.400. The number of nitrogens with one attached hydrogen (secondary N) is 2. The van der Waals surface area contributed by atoms with Gasteiger partial charge in [-0.25, -0.2) is 14.4 Å². The molecule has 2 N–H and O–H groups in total. The highest BCUT2D eigenvalue weighted by molar-refractivity contribution is 6.32. The van der Waals surface area contributed by atoms with Gasteiger partial charge in [-0.15, -0.1) is 0 Å². The molecule has 1 aromatic heterocycles. The third kappa shape index (κ3) is 5.54. The Morgan fingerprint density at radius 2 is 1.97 bits per heavy atom. The molecule has 0 aliphatic heterocycles. The van der Waals surface area contributed by atoms with Crippen LogP contribution in [-0.2, 0) is 11.3 Å². The highest BCUT2D eigenvalue weighted by Gasteiger charge is 2.11. The zero-order valence-electron chi connectivity index (χ0n) is 17.6. The van der Waals surface area contributed by atoms with Crippen LogP contribution in [-0.4, -0.2) is 29.7 Å². The smallest absolute Gasteiger partial charge is 0.253 e. The minimum atomic E-state index is -0.321. The summed E-state index contributed by atoms with van der Waals surface area (Å²) in [5.41, 5.74) is 2.51. The average Bonchev–Trinajstić information content (AvgIpc) is 2.82. The van der Waals surface area contributed by atoms with E-state index in [4.69, 9.17) is 21.1 Å². The highest BCUT2D eigenvalue weighted by Crippen LogP contribution is 2.31. The second-order valence-corrected chi connectivity index (χ2v) is 7.49. The predicted molar refractivity (Wildman–Crippen MR) is 124 cm³/mol. The largest absolute Gasteiger partial charge is 0.487 e. The lowest BCUT2D eigenvalue weighted by Crippen LogP contribution is -2.25. The summed E-state index contributed by atoms with van der Waals surface area (Å²) >= 11 is 6.39. The number of ether oxygens (including phenoxy) is 2. The summed E-state index contributed by atoms with van der Waals surface area (Å²) in [6.07, 6.45) is 1.44. The Morgan fingerprint density at radius 3 is 2.76 bits per heavy atom. The average molecular weight is 467 g/mol. The van der Waals surface area contributed by atoms with E-state index < -0.39 is 0 Å². The number of carbonyl (C=O) groups is 1. The molecular formula is C24H20ClFN4O3. The fraction of sp³-hybridized carbons (Fsp3) is 0.125. The van der Waals surface area contributed by atoms with Crippen molar-refractivity contribution in [2.75, 3.05) is 19.2 Å². The lowest BCUT2D eigenvalue weighted by molar-refractivity contribution is 0.0872. The number of amides is 1. The van der Waals surface area contributed by atoms with Gasteiger partial charge in [0, 0.05) is 23.7 Å². The normalized spacial score (nSPS) is 10.8. The van der Waals surface area contributed by atoms with Crippen LogP contribution in [0.25, 0.3) is 10.9 Å². The third-order valence-corrected chi connectivity index (χ3v) is 5.05. The number of nitrogens with zero attached hydrogens (tertiary/aromatic N) is 2. The van der Waals surface area contributed by atoms with Gasteiger partial charge in [0.1, 0.15) is 37.0 Å². The standard InChI is InChI=1S/C24H20ClFN4O3/c1-32-14-29-24(31)16-5-7-21-19(10-16)23(28-13-27-21)30-18-6-8-22(20(25)11-18)33-12-15-3-2-4-17(26)9-15/h2-11,13H,12,14H2,1H3,(H,29,31)(H,27,28,30). The van der Waals surface area contributed by atoms with Gasteiger partial charge in [0.25, 0.3) is 5.91 Å². The van der Waals surface area contributed by atoms with E-state index in [9.17, 15) is 9.18 Å². The van der Waals surface area contributed by atoms with Crippen molar-refractivity contribution < 1.29 is 18.7 Å². The van der Waals surface area contributed by atoms with Crippen LogP contribution in [0.5, 0.6) is 5.75 Å². The van der Waals surface area contributed by atoms with Crippen molar-refractivity contribution >= 4 is 39.9 Å². The van der Waals surface area contributed by atoms with E-state index in [1.54, 1.807) is 48.5 Å². The first-order chi connectivity index (χ1) is 16.0. The van der Waals surface area contributed by atoms with Gasteiger partial charge < -0.3 is 20.1 Å².